The van der Waals surface area contributed by atoms with E-state index >= 15 is 0 Å². The lowest BCUT2D eigenvalue weighted by molar-refractivity contribution is -0.706. The Morgan fingerprint density at radius 2 is 1.70 bits per heavy atom. The number of aliphatic hydroxyl groups is 2. The van der Waals surface area contributed by atoms with E-state index in [0.29, 0.717) is 26.1 Å². The van der Waals surface area contributed by atoms with Gasteiger partial charge < -0.3 is 24.6 Å². The smallest absolute Gasteiger partial charge is 0.215 e. The molecule has 0 aliphatic heterocycles. The molecule has 0 fully saturated rings. The molecule has 0 saturated carbocycles. The number of nitrogens with zero attached hydrogens (tertiary/aromatic N) is 2. The fraction of sp³-hybridized carbons (Fsp3) is 0.261. The Labute approximate surface area is 175 Å². The molecule has 1 aromatic heterocycles. The number of aliphatic hydroxyl groups excluding tert-OH is 2. The molecule has 1 atom stereocenters. The highest BCUT2D eigenvalue weighted by Gasteiger charge is 2.16. The average molecular weight is 407 g/mol. The predicted octanol–water partition coefficient (Wildman–Crippen LogP) is 1.27. The Morgan fingerprint density at radius 3 is 2.37 bits per heavy atom. The number of ether oxygens (including phenoxy) is 2. The minimum Gasteiger partial charge on any atom is -0.385 e. The molecule has 0 aliphatic carbocycles. The second-order valence-corrected chi connectivity index (χ2v) is 6.64. The number of benzene rings is 2. The van der Waals surface area contributed by atoms with Gasteiger partial charge >= 0.3 is 0 Å². The van der Waals surface area contributed by atoms with Crippen LogP contribution in [0.5, 0.6) is 0 Å². The van der Waals surface area contributed by atoms with Crippen molar-refractivity contribution in [2.24, 2.45) is 0 Å². The zero-order chi connectivity index (χ0) is 21.3. The van der Waals surface area contributed by atoms with Crippen molar-refractivity contribution < 1.29 is 24.6 Å². The number of nitrogens with one attached hydrogen (secondary N) is 1. The van der Waals surface area contributed by atoms with Gasteiger partial charge in [0, 0.05) is 11.6 Å². The molecule has 1 unspecified atom stereocenters. The summed E-state index contributed by atoms with van der Waals surface area (Å²) in [6.45, 7) is 0.121. The molecule has 3 N–H and O–H groups in total. The quantitative estimate of drug-likeness (QED) is 0.203. The van der Waals surface area contributed by atoms with Gasteiger partial charge in [0.25, 0.3) is 0 Å². The number of hydrogen-bond donors (Lipinski definition) is 3. The first-order valence-corrected chi connectivity index (χ1v) is 9.58. The molecule has 7 heteroatoms. The summed E-state index contributed by atoms with van der Waals surface area (Å²) in [5, 5.41) is 18.7. The van der Waals surface area contributed by atoms with E-state index in [2.05, 4.69) is 22.9 Å². The van der Waals surface area contributed by atoms with Crippen molar-refractivity contribution in [2.75, 3.05) is 26.8 Å². The van der Waals surface area contributed by atoms with Crippen molar-refractivity contribution in [3.05, 3.63) is 66.5 Å². The van der Waals surface area contributed by atoms with Crippen LogP contribution in [0.4, 0.5) is 11.5 Å². The molecular weight excluding hydrogens is 382 g/mol. The summed E-state index contributed by atoms with van der Waals surface area (Å²) in [5.74, 6) is 3.38. The van der Waals surface area contributed by atoms with Crippen LogP contribution in [0.15, 0.2) is 42.7 Å². The van der Waals surface area contributed by atoms with Gasteiger partial charge in [-0.05, 0) is 48.2 Å². The van der Waals surface area contributed by atoms with Gasteiger partial charge in [-0.25, -0.2) is 4.98 Å². The average Bonchev–Trinajstić information content (AvgIpc) is 2.78. The Hall–Kier alpha value is -2.86. The molecule has 3 aromatic rings. The van der Waals surface area contributed by atoms with Crippen molar-refractivity contribution in [3.8, 4) is 12.3 Å². The summed E-state index contributed by atoms with van der Waals surface area (Å²) in [5.41, 5.74) is 4.55. The van der Waals surface area contributed by atoms with Crippen molar-refractivity contribution in [1.29, 1.82) is 0 Å². The van der Waals surface area contributed by atoms with Gasteiger partial charge in [0.15, 0.2) is 0 Å². The van der Waals surface area contributed by atoms with Crippen LogP contribution in [0.2, 0.25) is 0 Å². The minimum absolute atomic E-state index is 0.320. The molecule has 156 valence electrons. The van der Waals surface area contributed by atoms with Gasteiger partial charge in [-0.2, -0.15) is 4.98 Å². The molecule has 0 spiro atoms. The topological polar surface area (TPSA) is 89.1 Å². The van der Waals surface area contributed by atoms with E-state index in [1.807, 2.05) is 36.4 Å². The van der Waals surface area contributed by atoms with Crippen molar-refractivity contribution >= 4 is 22.4 Å². The highest BCUT2D eigenvalue weighted by Crippen LogP contribution is 2.24. The first-order valence-electron chi connectivity index (χ1n) is 9.58. The molecule has 3 rings (SSSR count). The van der Waals surface area contributed by atoms with Crippen LogP contribution in [0.25, 0.3) is 10.9 Å². The van der Waals surface area contributed by atoms with Crippen LogP contribution < -0.4 is 4.90 Å². The Morgan fingerprint density at radius 1 is 1.00 bits per heavy atom. The number of rotatable bonds is 10. The van der Waals surface area contributed by atoms with E-state index in [0.717, 1.165) is 44.0 Å². The maximum atomic E-state index is 8.93. The molecule has 0 aliphatic rings. The third-order valence-electron chi connectivity index (χ3n) is 4.83. The lowest BCUT2D eigenvalue weighted by atomic mass is 9.99. The second-order valence-electron chi connectivity index (χ2n) is 6.64. The van der Waals surface area contributed by atoms with Crippen LogP contribution in [-0.4, -0.2) is 47.0 Å². The second kappa shape index (κ2) is 10.8. The van der Waals surface area contributed by atoms with Crippen LogP contribution >= 0.6 is 0 Å². The van der Waals surface area contributed by atoms with Gasteiger partial charge in [0.2, 0.25) is 5.82 Å². The maximum Gasteiger partial charge on any atom is 0.215 e. The third kappa shape index (κ3) is 5.19. The van der Waals surface area contributed by atoms with E-state index < -0.39 is 0 Å². The van der Waals surface area contributed by atoms with E-state index in [9.17, 15) is 0 Å². The summed E-state index contributed by atoms with van der Waals surface area (Å²) in [6.07, 6.45) is 8.29. The fourth-order valence-corrected chi connectivity index (χ4v) is 3.32. The molecule has 1 heterocycles. The first kappa shape index (κ1) is 21.8. The van der Waals surface area contributed by atoms with E-state index in [1.165, 1.54) is 6.33 Å². The normalized spacial score (nSPS) is 12.1. The largest absolute Gasteiger partial charge is 0.385 e. The minimum atomic E-state index is -0.326. The number of fused-ring (bicyclic) bond motifs is 1. The Balaban J connectivity index is 2.02. The molecule has 0 bridgehead atoms. The first-order chi connectivity index (χ1) is 14.7. The van der Waals surface area contributed by atoms with Gasteiger partial charge in [0.05, 0.1) is 24.1 Å². The van der Waals surface area contributed by atoms with Gasteiger partial charge in [-0.3, -0.25) is 0 Å². The van der Waals surface area contributed by atoms with E-state index in [-0.39, 0.29) is 13.6 Å². The standard InChI is InChI=1S/C23H25N3O4/c1-3-17-5-4-6-20(11-17)26(2)23-21-12-18(7-9-29-15-27)19(8-10-30-16-28)13-22(21)24-14-25-23/h1,4-6,11-14,26-28H,2,7-10,15-16H2. The summed E-state index contributed by atoms with van der Waals surface area (Å²) in [7, 11) is 4.24. The zero-order valence-corrected chi connectivity index (χ0v) is 16.7. The zero-order valence-electron chi connectivity index (χ0n) is 16.7. The molecule has 7 nitrogen and oxygen atoms in total. The summed E-state index contributed by atoms with van der Waals surface area (Å²) >= 11 is 0. The number of terminal acetylenes is 1. The third-order valence-corrected chi connectivity index (χ3v) is 4.83. The van der Waals surface area contributed by atoms with Gasteiger partial charge in [0.1, 0.15) is 25.6 Å². The van der Waals surface area contributed by atoms with Crippen LogP contribution in [0.3, 0.4) is 0 Å². The Bertz CT molecular complexity index is 1030. The highest BCUT2D eigenvalue weighted by molar-refractivity contribution is 5.87. The molecule has 0 radical (unpaired) electrons. The van der Waals surface area contributed by atoms with Crippen molar-refractivity contribution in [1.82, 2.24) is 9.97 Å². The number of quaternary nitrogens is 1. The van der Waals surface area contributed by atoms with Gasteiger partial charge in [-0.1, -0.05) is 12.0 Å². The van der Waals surface area contributed by atoms with E-state index in [4.69, 9.17) is 26.1 Å². The van der Waals surface area contributed by atoms with Crippen LogP contribution in [0, 0.1) is 19.4 Å². The van der Waals surface area contributed by atoms with Crippen LogP contribution in [0.1, 0.15) is 16.7 Å². The van der Waals surface area contributed by atoms with Crippen molar-refractivity contribution in [2.45, 2.75) is 12.8 Å². The predicted molar refractivity (Wildman–Crippen MR) is 113 cm³/mol. The fourth-order valence-electron chi connectivity index (χ4n) is 3.32. The van der Waals surface area contributed by atoms with E-state index in [1.54, 1.807) is 0 Å². The lowest BCUT2D eigenvalue weighted by Crippen LogP contribution is -2.96. The Kier molecular flexibility index (Phi) is 7.85. The summed E-state index contributed by atoms with van der Waals surface area (Å²) in [4.78, 5) is 9.68. The lowest BCUT2D eigenvalue weighted by Gasteiger charge is -2.21. The van der Waals surface area contributed by atoms with Crippen molar-refractivity contribution in [3.63, 3.8) is 0 Å². The van der Waals surface area contributed by atoms with Gasteiger partial charge in [-0.15, -0.1) is 13.5 Å². The molecule has 0 saturated heterocycles. The molecule has 2 aromatic carbocycles. The highest BCUT2D eigenvalue weighted by atomic mass is 16.6. The molecular formula is C23H25N3O4. The summed E-state index contributed by atoms with van der Waals surface area (Å²) < 4.78 is 10.2. The maximum absolute atomic E-state index is 8.93. The number of hydrogen-bond acceptors (Lipinski definition) is 6. The summed E-state index contributed by atoms with van der Waals surface area (Å²) in [6, 6.07) is 11.7. The number of aromatic nitrogens is 2. The molecule has 0 amide bonds. The van der Waals surface area contributed by atoms with Crippen LogP contribution in [-0.2, 0) is 22.3 Å². The monoisotopic (exact) mass is 407 g/mol. The molecule has 30 heavy (non-hydrogen) atoms. The SMILES string of the molecule is C#Cc1cccc([NH+]([CH2-])c2ncnc3cc(CCOCO)c(CCOCO)cc23)c1.